The van der Waals surface area contributed by atoms with Gasteiger partial charge in [-0.2, -0.15) is 0 Å². The van der Waals surface area contributed by atoms with Crippen LogP contribution < -0.4 is 5.32 Å². The molecule has 0 saturated heterocycles. The number of nitrogens with one attached hydrogen (secondary N) is 1. The minimum absolute atomic E-state index is 0.213. The van der Waals surface area contributed by atoms with Crippen molar-refractivity contribution in [1.82, 2.24) is 5.32 Å². The topological polar surface area (TPSA) is 46.2 Å². The number of halogens is 1. The van der Waals surface area contributed by atoms with E-state index in [9.17, 15) is 8.42 Å². The molecule has 1 aromatic rings. The van der Waals surface area contributed by atoms with Gasteiger partial charge in [0, 0.05) is 28.0 Å². The monoisotopic (exact) mass is 335 g/mol. The molecule has 3 nitrogen and oxygen atoms in total. The number of hydrogen-bond acceptors (Lipinski definition) is 4. The molecule has 1 aromatic carbocycles. The van der Waals surface area contributed by atoms with Crippen LogP contribution in [0.15, 0.2) is 29.2 Å². The van der Waals surface area contributed by atoms with Crippen molar-refractivity contribution in [3.63, 3.8) is 0 Å². The molecular weight excluding hydrogens is 314 g/mol. The van der Waals surface area contributed by atoms with Crippen LogP contribution in [0.25, 0.3) is 0 Å². The molecule has 1 rings (SSSR count). The molecule has 0 spiro atoms. The molecular formula is C14H22ClNO2S2. The van der Waals surface area contributed by atoms with Gasteiger partial charge in [-0.3, -0.25) is 0 Å². The van der Waals surface area contributed by atoms with Gasteiger partial charge < -0.3 is 5.32 Å². The van der Waals surface area contributed by atoms with Gasteiger partial charge in [0.2, 0.25) is 0 Å². The van der Waals surface area contributed by atoms with Crippen molar-refractivity contribution in [1.29, 1.82) is 0 Å². The number of sulfone groups is 1. The molecule has 0 heterocycles. The fraction of sp³-hybridized carbons (Fsp3) is 0.571. The second-order valence-electron chi connectivity index (χ2n) is 4.83. The first-order chi connectivity index (χ1) is 9.40. The molecule has 1 unspecified atom stereocenters. The Balaban J connectivity index is 2.48. The standard InChI is InChI=1S/C14H22ClNO2S2/c1-3-9-16-13(8-10-20(2,17)18)11-19-14-6-4-12(15)5-7-14/h4-7,13,16H,3,8-11H2,1-2H3. The average molecular weight is 336 g/mol. The normalized spacial score (nSPS) is 13.3. The summed E-state index contributed by atoms with van der Waals surface area (Å²) in [6.07, 6.45) is 2.98. The Labute approximate surface area is 131 Å². The van der Waals surface area contributed by atoms with E-state index in [1.807, 2.05) is 24.3 Å². The summed E-state index contributed by atoms with van der Waals surface area (Å²) in [6, 6.07) is 7.93. The molecule has 6 heteroatoms. The smallest absolute Gasteiger partial charge is 0.147 e. The summed E-state index contributed by atoms with van der Waals surface area (Å²) >= 11 is 7.58. The van der Waals surface area contributed by atoms with Crippen LogP contribution in [0.5, 0.6) is 0 Å². The van der Waals surface area contributed by atoms with Gasteiger partial charge >= 0.3 is 0 Å². The SMILES string of the molecule is CCCNC(CCS(C)(=O)=O)CSc1ccc(Cl)cc1. The van der Waals surface area contributed by atoms with E-state index < -0.39 is 9.84 Å². The summed E-state index contributed by atoms with van der Waals surface area (Å²) < 4.78 is 22.5. The Morgan fingerprint density at radius 2 is 1.95 bits per heavy atom. The Bertz CT molecular complexity index is 488. The molecule has 0 radical (unpaired) electrons. The molecule has 20 heavy (non-hydrogen) atoms. The maximum atomic E-state index is 11.3. The maximum absolute atomic E-state index is 11.3. The minimum atomic E-state index is -2.90. The van der Waals surface area contributed by atoms with Crippen LogP contribution in [0.2, 0.25) is 5.02 Å². The molecule has 114 valence electrons. The first-order valence-corrected chi connectivity index (χ1v) is 10.1. The van der Waals surface area contributed by atoms with Crippen molar-refractivity contribution < 1.29 is 8.42 Å². The average Bonchev–Trinajstić information content (AvgIpc) is 2.38. The first kappa shape index (κ1) is 17.8. The zero-order valence-electron chi connectivity index (χ0n) is 11.9. The van der Waals surface area contributed by atoms with Crippen LogP contribution in [-0.4, -0.2) is 38.8 Å². The van der Waals surface area contributed by atoms with Crippen LogP contribution in [0.4, 0.5) is 0 Å². The van der Waals surface area contributed by atoms with Crippen molar-refractivity contribution >= 4 is 33.2 Å². The number of hydrogen-bond donors (Lipinski definition) is 1. The van der Waals surface area contributed by atoms with E-state index in [4.69, 9.17) is 11.6 Å². The predicted molar refractivity (Wildman–Crippen MR) is 88.6 cm³/mol. The molecule has 1 N–H and O–H groups in total. The maximum Gasteiger partial charge on any atom is 0.147 e. The fourth-order valence-electron chi connectivity index (χ4n) is 1.68. The molecule has 0 aliphatic rings. The summed E-state index contributed by atoms with van der Waals surface area (Å²) in [5.74, 6) is 1.09. The summed E-state index contributed by atoms with van der Waals surface area (Å²) in [4.78, 5) is 1.15. The number of rotatable bonds is 9. The second-order valence-corrected chi connectivity index (χ2v) is 8.62. The molecule has 0 aromatic heterocycles. The van der Waals surface area contributed by atoms with Gasteiger partial charge in [0.05, 0.1) is 5.75 Å². The third kappa shape index (κ3) is 8.15. The van der Waals surface area contributed by atoms with E-state index in [0.29, 0.717) is 6.42 Å². The van der Waals surface area contributed by atoms with Gasteiger partial charge in [0.15, 0.2) is 0 Å². The van der Waals surface area contributed by atoms with Crippen LogP contribution in [0.3, 0.4) is 0 Å². The predicted octanol–water partition coefficient (Wildman–Crippen LogP) is 3.24. The Morgan fingerprint density at radius 1 is 1.30 bits per heavy atom. The lowest BCUT2D eigenvalue weighted by Crippen LogP contribution is -2.33. The van der Waals surface area contributed by atoms with Crippen molar-refractivity contribution in [2.75, 3.05) is 24.3 Å². The van der Waals surface area contributed by atoms with Gasteiger partial charge in [-0.05, 0) is 43.7 Å². The number of thioether (sulfide) groups is 1. The zero-order chi connectivity index (χ0) is 15.0. The van der Waals surface area contributed by atoms with E-state index in [1.165, 1.54) is 6.26 Å². The van der Waals surface area contributed by atoms with Crippen molar-refractivity contribution in [2.45, 2.75) is 30.7 Å². The van der Waals surface area contributed by atoms with Crippen LogP contribution in [0.1, 0.15) is 19.8 Å². The zero-order valence-corrected chi connectivity index (χ0v) is 14.3. The molecule has 0 aliphatic carbocycles. The highest BCUT2D eigenvalue weighted by Crippen LogP contribution is 2.21. The van der Waals surface area contributed by atoms with Crippen LogP contribution in [-0.2, 0) is 9.84 Å². The molecule has 0 fully saturated rings. The summed E-state index contributed by atoms with van der Waals surface area (Å²) in [5.41, 5.74) is 0. The first-order valence-electron chi connectivity index (χ1n) is 6.70. The van der Waals surface area contributed by atoms with E-state index in [-0.39, 0.29) is 11.8 Å². The highest BCUT2D eigenvalue weighted by Gasteiger charge is 2.12. The highest BCUT2D eigenvalue weighted by molar-refractivity contribution is 7.99. The molecule has 0 saturated carbocycles. The summed E-state index contributed by atoms with van der Waals surface area (Å²) in [6.45, 7) is 3.02. The van der Waals surface area contributed by atoms with E-state index in [0.717, 1.165) is 28.6 Å². The van der Waals surface area contributed by atoms with Gasteiger partial charge in [-0.15, -0.1) is 11.8 Å². The lowest BCUT2D eigenvalue weighted by atomic mass is 10.2. The van der Waals surface area contributed by atoms with E-state index >= 15 is 0 Å². The Hall–Kier alpha value is -0.230. The quantitative estimate of drug-likeness (QED) is 0.704. The van der Waals surface area contributed by atoms with E-state index in [1.54, 1.807) is 11.8 Å². The fourth-order valence-corrected chi connectivity index (χ4v) is 3.52. The van der Waals surface area contributed by atoms with Gasteiger partial charge in [0.25, 0.3) is 0 Å². The van der Waals surface area contributed by atoms with E-state index in [2.05, 4.69) is 12.2 Å². The number of benzene rings is 1. The molecule has 1 atom stereocenters. The van der Waals surface area contributed by atoms with Crippen LogP contribution >= 0.6 is 23.4 Å². The molecule has 0 aliphatic heterocycles. The minimum Gasteiger partial charge on any atom is -0.313 e. The van der Waals surface area contributed by atoms with Gasteiger partial charge in [-0.1, -0.05) is 18.5 Å². The summed E-state index contributed by atoms with van der Waals surface area (Å²) in [5, 5.41) is 4.14. The Kier molecular flexibility index (Phi) is 7.95. The van der Waals surface area contributed by atoms with Crippen molar-refractivity contribution in [2.24, 2.45) is 0 Å². The third-order valence-electron chi connectivity index (χ3n) is 2.78. The largest absolute Gasteiger partial charge is 0.313 e. The summed E-state index contributed by atoms with van der Waals surface area (Å²) in [7, 11) is -2.90. The lowest BCUT2D eigenvalue weighted by molar-refractivity contribution is 0.532. The van der Waals surface area contributed by atoms with Crippen molar-refractivity contribution in [3.05, 3.63) is 29.3 Å². The van der Waals surface area contributed by atoms with Gasteiger partial charge in [-0.25, -0.2) is 8.42 Å². The molecule has 0 amide bonds. The Morgan fingerprint density at radius 3 is 2.50 bits per heavy atom. The second kappa shape index (κ2) is 8.93. The van der Waals surface area contributed by atoms with Crippen molar-refractivity contribution in [3.8, 4) is 0 Å². The van der Waals surface area contributed by atoms with Crippen LogP contribution in [0, 0.1) is 0 Å². The third-order valence-corrected chi connectivity index (χ3v) is 5.19. The lowest BCUT2D eigenvalue weighted by Gasteiger charge is -2.17. The molecule has 0 bridgehead atoms. The van der Waals surface area contributed by atoms with Gasteiger partial charge in [0.1, 0.15) is 9.84 Å². The highest BCUT2D eigenvalue weighted by atomic mass is 35.5.